The van der Waals surface area contributed by atoms with Crippen LogP contribution in [0.1, 0.15) is 5.01 Å². The summed E-state index contributed by atoms with van der Waals surface area (Å²) in [4.78, 5) is 9.59. The summed E-state index contributed by atoms with van der Waals surface area (Å²) in [6, 6.07) is 10.2. The van der Waals surface area contributed by atoms with E-state index in [0.29, 0.717) is 5.15 Å². The number of aromatic nitrogens is 2. The minimum absolute atomic E-state index is 0.572. The molecule has 0 saturated heterocycles. The first-order valence-electron chi connectivity index (χ1n) is 5.22. The van der Waals surface area contributed by atoms with Gasteiger partial charge in [-0.1, -0.05) is 29.8 Å². The van der Waals surface area contributed by atoms with E-state index in [0.717, 1.165) is 26.4 Å². The van der Waals surface area contributed by atoms with Crippen molar-refractivity contribution < 1.29 is 0 Å². The Hall–Kier alpha value is -1.45. The average molecular weight is 261 g/mol. The lowest BCUT2D eigenvalue weighted by Crippen LogP contribution is -1.79. The first kappa shape index (κ1) is 10.7. The fraction of sp³-hybridized carbons (Fsp3) is 0.0769. The van der Waals surface area contributed by atoms with E-state index in [1.807, 2.05) is 25.1 Å². The van der Waals surface area contributed by atoms with Crippen molar-refractivity contribution >= 4 is 33.8 Å². The van der Waals surface area contributed by atoms with E-state index in [4.69, 9.17) is 11.6 Å². The van der Waals surface area contributed by atoms with Crippen LogP contribution in [-0.4, -0.2) is 9.97 Å². The number of fused-ring (bicyclic) bond motifs is 1. The van der Waals surface area contributed by atoms with Gasteiger partial charge in [-0.3, -0.25) is 4.98 Å². The Morgan fingerprint density at radius 1 is 1.24 bits per heavy atom. The Morgan fingerprint density at radius 2 is 2.12 bits per heavy atom. The summed E-state index contributed by atoms with van der Waals surface area (Å²) in [5.41, 5.74) is 2.05. The molecule has 0 saturated carbocycles. The highest BCUT2D eigenvalue weighted by molar-refractivity contribution is 7.15. The van der Waals surface area contributed by atoms with Crippen LogP contribution in [0.5, 0.6) is 0 Å². The van der Waals surface area contributed by atoms with Crippen LogP contribution >= 0.6 is 22.9 Å². The van der Waals surface area contributed by atoms with Crippen molar-refractivity contribution in [2.75, 3.05) is 0 Å². The third-order valence-corrected chi connectivity index (χ3v) is 3.97. The first-order chi connectivity index (χ1) is 8.24. The van der Waals surface area contributed by atoms with Crippen molar-refractivity contribution in [1.29, 1.82) is 0 Å². The number of rotatable bonds is 1. The van der Waals surface area contributed by atoms with Gasteiger partial charge in [0.15, 0.2) is 0 Å². The monoisotopic (exact) mass is 260 g/mol. The summed E-state index contributed by atoms with van der Waals surface area (Å²) in [7, 11) is 0. The second-order valence-electron chi connectivity index (χ2n) is 3.76. The highest BCUT2D eigenvalue weighted by Crippen LogP contribution is 2.34. The molecule has 2 heterocycles. The minimum atomic E-state index is 0.572. The van der Waals surface area contributed by atoms with Crippen molar-refractivity contribution in [1.82, 2.24) is 9.97 Å². The van der Waals surface area contributed by atoms with E-state index in [1.165, 1.54) is 0 Å². The molecule has 0 amide bonds. The predicted molar refractivity (Wildman–Crippen MR) is 72.6 cm³/mol. The summed E-state index contributed by atoms with van der Waals surface area (Å²) in [6.07, 6.45) is 1.80. The van der Waals surface area contributed by atoms with Gasteiger partial charge in [-0.15, -0.1) is 11.3 Å². The molecule has 2 nitrogen and oxygen atoms in total. The zero-order valence-electron chi connectivity index (χ0n) is 9.14. The lowest BCUT2D eigenvalue weighted by Gasteiger charge is -2.00. The highest BCUT2D eigenvalue weighted by atomic mass is 35.5. The van der Waals surface area contributed by atoms with Crippen LogP contribution in [-0.2, 0) is 0 Å². The Labute approximate surface area is 108 Å². The van der Waals surface area contributed by atoms with Crippen LogP contribution in [0.15, 0.2) is 36.5 Å². The first-order valence-corrected chi connectivity index (χ1v) is 6.41. The molecule has 0 aliphatic carbocycles. The average Bonchev–Trinajstić information content (AvgIpc) is 2.68. The number of nitrogens with zero attached hydrogens (tertiary/aromatic N) is 2. The molecule has 0 unspecified atom stereocenters. The number of thiazole rings is 1. The molecule has 3 aromatic rings. The maximum atomic E-state index is 6.11. The number of hydrogen-bond donors (Lipinski definition) is 0. The number of benzene rings is 1. The van der Waals surface area contributed by atoms with Crippen molar-refractivity contribution in [3.05, 3.63) is 46.7 Å². The quantitative estimate of drug-likeness (QED) is 0.651. The van der Waals surface area contributed by atoms with Crippen LogP contribution in [0.4, 0.5) is 0 Å². The van der Waals surface area contributed by atoms with Crippen molar-refractivity contribution in [2.45, 2.75) is 6.92 Å². The number of halogens is 1. The van der Waals surface area contributed by atoms with Gasteiger partial charge in [-0.2, -0.15) is 0 Å². The second-order valence-corrected chi connectivity index (χ2v) is 5.32. The number of aryl methyl sites for hydroxylation is 1. The summed E-state index contributed by atoms with van der Waals surface area (Å²) in [5.74, 6) is 0. The lowest BCUT2D eigenvalue weighted by molar-refractivity contribution is 1.30. The Morgan fingerprint density at radius 3 is 2.88 bits per heavy atom. The van der Waals surface area contributed by atoms with Crippen LogP contribution in [0.3, 0.4) is 0 Å². The smallest absolute Gasteiger partial charge is 0.148 e. The molecule has 17 heavy (non-hydrogen) atoms. The third kappa shape index (κ3) is 1.92. The van der Waals surface area contributed by atoms with Gasteiger partial charge < -0.3 is 0 Å². The zero-order chi connectivity index (χ0) is 11.8. The van der Waals surface area contributed by atoms with Gasteiger partial charge in [-0.05, 0) is 24.6 Å². The van der Waals surface area contributed by atoms with Crippen molar-refractivity contribution in [3.63, 3.8) is 0 Å². The molecular formula is C13H9ClN2S. The SMILES string of the molecule is Cc1nc(Cl)c(-c2ccc3cccnc3c2)s1. The summed E-state index contributed by atoms with van der Waals surface area (Å²) < 4.78 is 0. The molecule has 4 heteroatoms. The molecule has 84 valence electrons. The van der Waals surface area contributed by atoms with E-state index >= 15 is 0 Å². The van der Waals surface area contributed by atoms with Gasteiger partial charge in [0, 0.05) is 11.6 Å². The van der Waals surface area contributed by atoms with E-state index in [1.54, 1.807) is 17.5 Å². The molecule has 0 aliphatic heterocycles. The van der Waals surface area contributed by atoms with Gasteiger partial charge >= 0.3 is 0 Å². The molecule has 0 radical (unpaired) electrons. The molecule has 1 aromatic carbocycles. The molecular weight excluding hydrogens is 252 g/mol. The Balaban J connectivity index is 2.21. The molecule has 2 aromatic heterocycles. The fourth-order valence-electron chi connectivity index (χ4n) is 1.79. The maximum Gasteiger partial charge on any atom is 0.148 e. The minimum Gasteiger partial charge on any atom is -0.256 e. The van der Waals surface area contributed by atoms with Crippen LogP contribution < -0.4 is 0 Å². The molecule has 0 fully saturated rings. The topological polar surface area (TPSA) is 25.8 Å². The molecule has 0 atom stereocenters. The van der Waals surface area contributed by atoms with E-state index < -0.39 is 0 Å². The number of hydrogen-bond acceptors (Lipinski definition) is 3. The van der Waals surface area contributed by atoms with Crippen LogP contribution in [0, 0.1) is 6.92 Å². The van der Waals surface area contributed by atoms with E-state index in [9.17, 15) is 0 Å². The van der Waals surface area contributed by atoms with Gasteiger partial charge in [0.2, 0.25) is 0 Å². The third-order valence-electron chi connectivity index (χ3n) is 2.56. The van der Waals surface area contributed by atoms with E-state index in [-0.39, 0.29) is 0 Å². The molecule has 0 aliphatic rings. The zero-order valence-corrected chi connectivity index (χ0v) is 10.7. The number of pyridine rings is 1. The standard InChI is InChI=1S/C13H9ClN2S/c1-8-16-13(14)12(17-8)10-5-4-9-3-2-6-15-11(9)7-10/h2-7H,1H3. The highest BCUT2D eigenvalue weighted by Gasteiger charge is 2.09. The lowest BCUT2D eigenvalue weighted by atomic mass is 10.1. The molecule has 3 rings (SSSR count). The van der Waals surface area contributed by atoms with Crippen molar-refractivity contribution in [2.24, 2.45) is 0 Å². The summed E-state index contributed by atoms with van der Waals surface area (Å²) >= 11 is 7.71. The maximum absolute atomic E-state index is 6.11. The molecule has 0 spiro atoms. The normalized spacial score (nSPS) is 10.9. The summed E-state index contributed by atoms with van der Waals surface area (Å²) in [5, 5.41) is 2.68. The van der Waals surface area contributed by atoms with Gasteiger partial charge in [-0.25, -0.2) is 4.98 Å². The van der Waals surface area contributed by atoms with Crippen molar-refractivity contribution in [3.8, 4) is 10.4 Å². The largest absolute Gasteiger partial charge is 0.256 e. The Kier molecular flexibility index (Phi) is 2.57. The fourth-order valence-corrected chi connectivity index (χ4v) is 3.00. The second kappa shape index (κ2) is 4.09. The van der Waals surface area contributed by atoms with Gasteiger partial charge in [0.1, 0.15) is 5.15 Å². The van der Waals surface area contributed by atoms with Gasteiger partial charge in [0.25, 0.3) is 0 Å². The molecule has 0 bridgehead atoms. The van der Waals surface area contributed by atoms with Gasteiger partial charge in [0.05, 0.1) is 15.4 Å². The molecule has 0 N–H and O–H groups in total. The van der Waals surface area contributed by atoms with Crippen LogP contribution in [0.2, 0.25) is 5.15 Å². The Bertz CT molecular complexity index is 691. The summed E-state index contributed by atoms with van der Waals surface area (Å²) in [6.45, 7) is 1.96. The van der Waals surface area contributed by atoms with Crippen LogP contribution in [0.25, 0.3) is 21.3 Å². The predicted octanol–water partition coefficient (Wildman–Crippen LogP) is 4.32. The van der Waals surface area contributed by atoms with E-state index in [2.05, 4.69) is 22.1 Å².